The lowest BCUT2D eigenvalue weighted by atomic mass is 9.94. The molecule has 1 aromatic rings. The van der Waals surface area contributed by atoms with Crippen LogP contribution in [0.25, 0.3) is 0 Å². The SMILES string of the molecule is O=C1CCN(c2ncc(C3CCOCC3)cn2)CC1. The van der Waals surface area contributed by atoms with E-state index < -0.39 is 0 Å². The van der Waals surface area contributed by atoms with Crippen molar-refractivity contribution in [1.82, 2.24) is 9.97 Å². The Bertz CT molecular complexity index is 431. The van der Waals surface area contributed by atoms with Gasteiger partial charge in [-0.25, -0.2) is 9.97 Å². The van der Waals surface area contributed by atoms with E-state index in [2.05, 4.69) is 14.9 Å². The van der Waals surface area contributed by atoms with Crippen molar-refractivity contribution in [1.29, 1.82) is 0 Å². The van der Waals surface area contributed by atoms with Crippen LogP contribution in [0.4, 0.5) is 5.95 Å². The molecule has 2 aliphatic heterocycles. The molecular formula is C14H19N3O2. The van der Waals surface area contributed by atoms with Gasteiger partial charge in [0.05, 0.1) is 0 Å². The van der Waals surface area contributed by atoms with Gasteiger partial charge in [0.15, 0.2) is 0 Å². The van der Waals surface area contributed by atoms with Crippen LogP contribution < -0.4 is 4.90 Å². The van der Waals surface area contributed by atoms with Gasteiger partial charge < -0.3 is 9.64 Å². The smallest absolute Gasteiger partial charge is 0.225 e. The van der Waals surface area contributed by atoms with Crippen molar-refractivity contribution < 1.29 is 9.53 Å². The van der Waals surface area contributed by atoms with Crippen molar-refractivity contribution in [2.24, 2.45) is 0 Å². The molecule has 0 bridgehead atoms. The number of hydrogen-bond acceptors (Lipinski definition) is 5. The monoisotopic (exact) mass is 261 g/mol. The Labute approximate surface area is 113 Å². The summed E-state index contributed by atoms with van der Waals surface area (Å²) in [6, 6.07) is 0. The second kappa shape index (κ2) is 5.65. The van der Waals surface area contributed by atoms with E-state index in [1.165, 1.54) is 5.56 Å². The molecule has 5 heteroatoms. The second-order valence-corrected chi connectivity index (χ2v) is 5.23. The average molecular weight is 261 g/mol. The quantitative estimate of drug-likeness (QED) is 0.808. The van der Waals surface area contributed by atoms with Gasteiger partial charge >= 0.3 is 0 Å². The fourth-order valence-corrected chi connectivity index (χ4v) is 2.69. The zero-order chi connectivity index (χ0) is 13.1. The number of carbonyl (C=O) groups excluding carboxylic acids is 1. The first-order chi connectivity index (χ1) is 9.33. The zero-order valence-corrected chi connectivity index (χ0v) is 11.0. The minimum absolute atomic E-state index is 0.343. The molecule has 5 nitrogen and oxygen atoms in total. The molecule has 0 unspecified atom stereocenters. The molecule has 2 aliphatic rings. The summed E-state index contributed by atoms with van der Waals surface area (Å²) in [6.07, 6.45) is 7.22. The number of hydrogen-bond donors (Lipinski definition) is 0. The third-order valence-corrected chi connectivity index (χ3v) is 3.95. The van der Waals surface area contributed by atoms with Crippen molar-refractivity contribution >= 4 is 11.7 Å². The highest BCUT2D eigenvalue weighted by Gasteiger charge is 2.20. The van der Waals surface area contributed by atoms with Gasteiger partial charge in [-0.15, -0.1) is 0 Å². The fourth-order valence-electron chi connectivity index (χ4n) is 2.69. The highest BCUT2D eigenvalue weighted by molar-refractivity contribution is 5.80. The lowest BCUT2D eigenvalue weighted by molar-refractivity contribution is -0.119. The Balaban J connectivity index is 1.66. The van der Waals surface area contributed by atoms with E-state index >= 15 is 0 Å². The topological polar surface area (TPSA) is 55.3 Å². The van der Waals surface area contributed by atoms with Crippen molar-refractivity contribution in [3.8, 4) is 0 Å². The minimum Gasteiger partial charge on any atom is -0.381 e. The van der Waals surface area contributed by atoms with Crippen LogP contribution in [0.15, 0.2) is 12.4 Å². The molecule has 2 saturated heterocycles. The van der Waals surface area contributed by atoms with Crippen LogP contribution in [0.2, 0.25) is 0 Å². The van der Waals surface area contributed by atoms with E-state index in [4.69, 9.17) is 4.74 Å². The molecule has 19 heavy (non-hydrogen) atoms. The zero-order valence-electron chi connectivity index (χ0n) is 11.0. The average Bonchev–Trinajstić information content (AvgIpc) is 2.49. The van der Waals surface area contributed by atoms with Gasteiger partial charge in [-0.1, -0.05) is 0 Å². The van der Waals surface area contributed by atoms with Gasteiger partial charge in [-0.2, -0.15) is 0 Å². The van der Waals surface area contributed by atoms with E-state index in [0.717, 1.165) is 45.1 Å². The molecule has 0 amide bonds. The third-order valence-electron chi connectivity index (χ3n) is 3.95. The Morgan fingerprint density at radius 2 is 1.74 bits per heavy atom. The van der Waals surface area contributed by atoms with Gasteiger partial charge in [-0.3, -0.25) is 4.79 Å². The van der Waals surface area contributed by atoms with Crippen LogP contribution in [0.1, 0.15) is 37.2 Å². The second-order valence-electron chi connectivity index (χ2n) is 5.23. The summed E-state index contributed by atoms with van der Waals surface area (Å²) in [4.78, 5) is 22.2. The van der Waals surface area contributed by atoms with Crippen molar-refractivity contribution in [2.75, 3.05) is 31.2 Å². The molecule has 3 heterocycles. The Kier molecular flexibility index (Phi) is 3.73. The summed E-state index contributed by atoms with van der Waals surface area (Å²) in [5.74, 6) is 1.63. The van der Waals surface area contributed by atoms with Crippen LogP contribution in [-0.2, 0) is 9.53 Å². The number of aromatic nitrogens is 2. The Morgan fingerprint density at radius 1 is 1.11 bits per heavy atom. The number of Topliss-reactive ketones (excluding diaryl/α,β-unsaturated/α-hetero) is 1. The summed E-state index contributed by atoms with van der Waals surface area (Å²) in [5, 5.41) is 0. The van der Waals surface area contributed by atoms with Crippen LogP contribution in [0.3, 0.4) is 0 Å². The summed E-state index contributed by atoms with van der Waals surface area (Å²) < 4.78 is 5.37. The number of piperidine rings is 1. The molecule has 0 spiro atoms. The highest BCUT2D eigenvalue weighted by Crippen LogP contribution is 2.26. The van der Waals surface area contributed by atoms with Gasteiger partial charge in [0.1, 0.15) is 5.78 Å². The maximum absolute atomic E-state index is 11.2. The van der Waals surface area contributed by atoms with Gasteiger partial charge in [0, 0.05) is 51.5 Å². The number of anilines is 1. The maximum atomic E-state index is 11.2. The predicted molar refractivity (Wildman–Crippen MR) is 71.3 cm³/mol. The first-order valence-electron chi connectivity index (χ1n) is 6.99. The summed E-state index contributed by atoms with van der Waals surface area (Å²) in [6.45, 7) is 3.16. The normalized spacial score (nSPS) is 21.7. The first kappa shape index (κ1) is 12.5. The molecule has 0 aliphatic carbocycles. The van der Waals surface area contributed by atoms with E-state index in [0.29, 0.717) is 24.5 Å². The van der Waals surface area contributed by atoms with Crippen molar-refractivity contribution in [2.45, 2.75) is 31.6 Å². The molecule has 102 valence electrons. The Morgan fingerprint density at radius 3 is 2.37 bits per heavy atom. The lowest BCUT2D eigenvalue weighted by Gasteiger charge is -2.26. The van der Waals surface area contributed by atoms with E-state index in [1.54, 1.807) is 0 Å². The van der Waals surface area contributed by atoms with E-state index in [-0.39, 0.29) is 0 Å². The largest absolute Gasteiger partial charge is 0.381 e. The lowest BCUT2D eigenvalue weighted by Crippen LogP contribution is -2.34. The standard InChI is InChI=1S/C14H19N3O2/c18-13-1-5-17(6-2-13)14-15-9-12(10-16-14)11-3-7-19-8-4-11/h9-11H,1-8H2. The number of ketones is 1. The molecule has 3 rings (SSSR count). The fraction of sp³-hybridized carbons (Fsp3) is 0.643. The maximum Gasteiger partial charge on any atom is 0.225 e. The number of carbonyl (C=O) groups is 1. The number of nitrogens with zero attached hydrogens (tertiary/aromatic N) is 3. The number of rotatable bonds is 2. The third kappa shape index (κ3) is 2.92. The van der Waals surface area contributed by atoms with Crippen LogP contribution in [0, 0.1) is 0 Å². The molecule has 0 atom stereocenters. The summed E-state index contributed by atoms with van der Waals surface area (Å²) in [5.41, 5.74) is 1.21. The summed E-state index contributed by atoms with van der Waals surface area (Å²) >= 11 is 0. The minimum atomic E-state index is 0.343. The Hall–Kier alpha value is -1.49. The molecule has 0 saturated carbocycles. The molecule has 0 N–H and O–H groups in total. The van der Waals surface area contributed by atoms with Crippen LogP contribution in [-0.4, -0.2) is 42.1 Å². The van der Waals surface area contributed by atoms with Gasteiger partial charge in [0.25, 0.3) is 0 Å². The van der Waals surface area contributed by atoms with Gasteiger partial charge in [-0.05, 0) is 24.3 Å². The highest BCUT2D eigenvalue weighted by atomic mass is 16.5. The predicted octanol–water partition coefficient (Wildman–Crippen LogP) is 1.54. The summed E-state index contributed by atoms with van der Waals surface area (Å²) in [7, 11) is 0. The molecule has 0 aromatic carbocycles. The van der Waals surface area contributed by atoms with E-state index in [9.17, 15) is 4.79 Å². The van der Waals surface area contributed by atoms with Gasteiger partial charge in [0.2, 0.25) is 5.95 Å². The first-order valence-corrected chi connectivity index (χ1v) is 6.99. The molecule has 2 fully saturated rings. The number of ether oxygens (including phenoxy) is 1. The molecular weight excluding hydrogens is 242 g/mol. The van der Waals surface area contributed by atoms with Crippen molar-refractivity contribution in [3.63, 3.8) is 0 Å². The van der Waals surface area contributed by atoms with Crippen LogP contribution in [0.5, 0.6) is 0 Å². The molecule has 1 aromatic heterocycles. The molecule has 0 radical (unpaired) electrons. The van der Waals surface area contributed by atoms with E-state index in [1.807, 2.05) is 12.4 Å². The van der Waals surface area contributed by atoms with Crippen LogP contribution >= 0.6 is 0 Å². The van der Waals surface area contributed by atoms with Crippen molar-refractivity contribution in [3.05, 3.63) is 18.0 Å².